The number of rotatable bonds is 1. The Balaban J connectivity index is 1.80. The molecule has 2 atom stereocenters. The summed E-state index contributed by atoms with van der Waals surface area (Å²) in [5.41, 5.74) is 4.46. The lowest BCUT2D eigenvalue weighted by molar-refractivity contribution is 0.0979. The lowest BCUT2D eigenvalue weighted by Gasteiger charge is -2.25. The highest BCUT2D eigenvalue weighted by Gasteiger charge is 2.46. The minimum absolute atomic E-state index is 0.119. The van der Waals surface area contributed by atoms with Crippen molar-refractivity contribution in [3.8, 4) is 0 Å². The lowest BCUT2D eigenvalue weighted by Crippen LogP contribution is -2.40. The van der Waals surface area contributed by atoms with Crippen molar-refractivity contribution in [3.63, 3.8) is 0 Å². The number of fused-ring (bicyclic) bond motifs is 3. The highest BCUT2D eigenvalue weighted by molar-refractivity contribution is 6.08. The van der Waals surface area contributed by atoms with E-state index in [1.165, 1.54) is 11.1 Å². The number of aryl methyl sites for hydroxylation is 1. The fourth-order valence-corrected chi connectivity index (χ4v) is 3.89. The van der Waals surface area contributed by atoms with Gasteiger partial charge in [-0.1, -0.05) is 35.9 Å². The molecule has 3 heteroatoms. The van der Waals surface area contributed by atoms with Crippen molar-refractivity contribution in [1.82, 2.24) is 4.90 Å². The summed E-state index contributed by atoms with van der Waals surface area (Å²) < 4.78 is 0. The van der Waals surface area contributed by atoms with Crippen molar-refractivity contribution in [2.45, 2.75) is 18.9 Å². The van der Waals surface area contributed by atoms with Crippen LogP contribution in [-0.4, -0.2) is 37.0 Å². The van der Waals surface area contributed by atoms with Crippen LogP contribution in [0, 0.1) is 6.92 Å². The second kappa shape index (κ2) is 4.96. The topological polar surface area (TPSA) is 23.6 Å². The number of likely N-dealkylation sites (tertiary alicyclic amines) is 1. The first-order chi connectivity index (χ1) is 10.6. The van der Waals surface area contributed by atoms with E-state index >= 15 is 0 Å². The Morgan fingerprint density at radius 1 is 1.09 bits per heavy atom. The Hall–Kier alpha value is -2.13. The van der Waals surface area contributed by atoms with Gasteiger partial charge in [-0.05, 0) is 37.7 Å². The van der Waals surface area contributed by atoms with Gasteiger partial charge in [0.25, 0.3) is 5.91 Å². The van der Waals surface area contributed by atoms with Gasteiger partial charge in [0.2, 0.25) is 0 Å². The summed E-state index contributed by atoms with van der Waals surface area (Å²) in [7, 11) is 2.14. The maximum absolute atomic E-state index is 13.1. The Labute approximate surface area is 131 Å². The average molecular weight is 292 g/mol. The Kier molecular flexibility index (Phi) is 3.05. The summed E-state index contributed by atoms with van der Waals surface area (Å²) in [5, 5.41) is 0. The Morgan fingerprint density at radius 3 is 2.64 bits per heavy atom. The molecule has 2 aliphatic heterocycles. The summed E-state index contributed by atoms with van der Waals surface area (Å²) in [5.74, 6) is 0.557. The van der Waals surface area contributed by atoms with Gasteiger partial charge in [-0.25, -0.2) is 0 Å². The highest BCUT2D eigenvalue weighted by Crippen LogP contribution is 2.45. The van der Waals surface area contributed by atoms with Gasteiger partial charge in [0, 0.05) is 30.3 Å². The fraction of sp³-hybridized carbons (Fsp3) is 0.316. The summed E-state index contributed by atoms with van der Waals surface area (Å²) in [6.07, 6.45) is 0. The summed E-state index contributed by atoms with van der Waals surface area (Å²) in [4.78, 5) is 17.4. The standard InChI is InChI=1S/C19H20N2O/c1-13-8-9-17-15(10-13)16-11-20(2)12-18(16)21(17)19(22)14-6-4-3-5-7-14/h3-10,16,18H,11-12H2,1-2H3. The van der Waals surface area contributed by atoms with Crippen molar-refractivity contribution in [2.75, 3.05) is 25.0 Å². The summed E-state index contributed by atoms with van der Waals surface area (Å²) in [6.45, 7) is 4.09. The first-order valence-corrected chi connectivity index (χ1v) is 7.83. The van der Waals surface area contributed by atoms with Crippen LogP contribution in [0.1, 0.15) is 27.4 Å². The van der Waals surface area contributed by atoms with E-state index in [2.05, 4.69) is 37.1 Å². The smallest absolute Gasteiger partial charge is 0.258 e. The number of benzene rings is 2. The van der Waals surface area contributed by atoms with E-state index < -0.39 is 0 Å². The van der Waals surface area contributed by atoms with Crippen molar-refractivity contribution in [1.29, 1.82) is 0 Å². The average Bonchev–Trinajstić information content (AvgIpc) is 3.03. The number of hydrogen-bond donors (Lipinski definition) is 0. The predicted octanol–water partition coefficient (Wildman–Crippen LogP) is 3.05. The molecule has 1 saturated heterocycles. The van der Waals surface area contributed by atoms with Gasteiger partial charge in [-0.2, -0.15) is 0 Å². The van der Waals surface area contributed by atoms with Gasteiger partial charge in [-0.15, -0.1) is 0 Å². The van der Waals surface area contributed by atoms with Crippen molar-refractivity contribution in [2.24, 2.45) is 0 Å². The SMILES string of the molecule is Cc1ccc2c(c1)C1CN(C)CC1N2C(=O)c1ccccc1. The van der Waals surface area contributed by atoms with E-state index in [1.54, 1.807) is 0 Å². The zero-order valence-electron chi connectivity index (χ0n) is 13.0. The normalized spacial score (nSPS) is 23.5. The highest BCUT2D eigenvalue weighted by atomic mass is 16.2. The molecule has 112 valence electrons. The van der Waals surface area contributed by atoms with E-state index in [1.807, 2.05) is 35.2 Å². The van der Waals surface area contributed by atoms with E-state index in [0.717, 1.165) is 24.3 Å². The summed E-state index contributed by atoms with van der Waals surface area (Å²) in [6, 6.07) is 16.3. The molecule has 2 unspecified atom stereocenters. The van der Waals surface area contributed by atoms with Crippen molar-refractivity contribution in [3.05, 3.63) is 65.2 Å². The van der Waals surface area contributed by atoms with Gasteiger partial charge in [0.1, 0.15) is 0 Å². The third-order valence-corrected chi connectivity index (χ3v) is 4.88. The quantitative estimate of drug-likeness (QED) is 0.806. The molecule has 0 aromatic heterocycles. The maximum Gasteiger partial charge on any atom is 0.258 e. The van der Waals surface area contributed by atoms with E-state index in [-0.39, 0.29) is 11.9 Å². The molecule has 1 amide bonds. The molecule has 0 N–H and O–H groups in total. The van der Waals surface area contributed by atoms with Crippen LogP contribution >= 0.6 is 0 Å². The van der Waals surface area contributed by atoms with Crippen LogP contribution in [0.3, 0.4) is 0 Å². The molecule has 2 aliphatic rings. The fourth-order valence-electron chi connectivity index (χ4n) is 3.89. The largest absolute Gasteiger partial charge is 0.304 e. The first-order valence-electron chi connectivity index (χ1n) is 7.83. The number of amides is 1. The minimum Gasteiger partial charge on any atom is -0.304 e. The molecule has 3 nitrogen and oxygen atoms in total. The molecule has 0 spiro atoms. The predicted molar refractivity (Wildman–Crippen MR) is 88.5 cm³/mol. The first kappa shape index (κ1) is 13.5. The van der Waals surface area contributed by atoms with Crippen LogP contribution < -0.4 is 4.90 Å². The lowest BCUT2D eigenvalue weighted by atomic mass is 9.97. The number of likely N-dealkylation sites (N-methyl/N-ethyl adjacent to an activating group) is 1. The number of anilines is 1. The monoisotopic (exact) mass is 292 g/mol. The third-order valence-electron chi connectivity index (χ3n) is 4.88. The van der Waals surface area contributed by atoms with Crippen LogP contribution in [0.15, 0.2) is 48.5 Å². The number of nitrogens with zero attached hydrogens (tertiary/aromatic N) is 2. The van der Waals surface area contributed by atoms with Crippen LogP contribution in [0.4, 0.5) is 5.69 Å². The van der Waals surface area contributed by atoms with Gasteiger partial charge < -0.3 is 9.80 Å². The molecule has 0 radical (unpaired) electrons. The van der Waals surface area contributed by atoms with E-state index in [4.69, 9.17) is 0 Å². The van der Waals surface area contributed by atoms with Gasteiger partial charge in [0.15, 0.2) is 0 Å². The Morgan fingerprint density at radius 2 is 1.86 bits per heavy atom. The van der Waals surface area contributed by atoms with Crippen LogP contribution in [0.2, 0.25) is 0 Å². The zero-order chi connectivity index (χ0) is 15.3. The molecule has 2 aromatic rings. The third kappa shape index (κ3) is 1.97. The second-order valence-electron chi connectivity index (χ2n) is 6.50. The molecular formula is C19H20N2O. The van der Waals surface area contributed by atoms with Crippen molar-refractivity contribution >= 4 is 11.6 Å². The molecule has 0 bridgehead atoms. The molecule has 2 heterocycles. The van der Waals surface area contributed by atoms with E-state index in [9.17, 15) is 4.79 Å². The second-order valence-corrected chi connectivity index (χ2v) is 6.50. The molecular weight excluding hydrogens is 272 g/mol. The number of carbonyl (C=O) groups is 1. The minimum atomic E-state index is 0.119. The van der Waals surface area contributed by atoms with Crippen LogP contribution in [-0.2, 0) is 0 Å². The van der Waals surface area contributed by atoms with Crippen molar-refractivity contribution < 1.29 is 4.79 Å². The number of hydrogen-bond acceptors (Lipinski definition) is 2. The number of carbonyl (C=O) groups excluding carboxylic acids is 1. The molecule has 4 rings (SSSR count). The zero-order valence-corrected chi connectivity index (χ0v) is 13.0. The molecule has 2 aromatic carbocycles. The van der Waals surface area contributed by atoms with Gasteiger partial charge >= 0.3 is 0 Å². The Bertz CT molecular complexity index is 725. The summed E-state index contributed by atoms with van der Waals surface area (Å²) >= 11 is 0. The van der Waals surface area contributed by atoms with Crippen LogP contribution in [0.25, 0.3) is 0 Å². The van der Waals surface area contributed by atoms with E-state index in [0.29, 0.717) is 5.92 Å². The van der Waals surface area contributed by atoms with Crippen LogP contribution in [0.5, 0.6) is 0 Å². The molecule has 1 fully saturated rings. The maximum atomic E-state index is 13.1. The molecule has 0 aliphatic carbocycles. The van der Waals surface area contributed by atoms with Gasteiger partial charge in [-0.3, -0.25) is 4.79 Å². The van der Waals surface area contributed by atoms with Gasteiger partial charge in [0.05, 0.1) is 6.04 Å². The molecule has 22 heavy (non-hydrogen) atoms. The molecule has 0 saturated carbocycles.